The van der Waals surface area contributed by atoms with Gasteiger partial charge in [0.2, 0.25) is 5.91 Å². The van der Waals surface area contributed by atoms with Crippen molar-refractivity contribution in [2.24, 2.45) is 5.92 Å². The molecule has 1 amide bonds. The number of nitrogens with zero attached hydrogens (tertiary/aromatic N) is 5. The molecule has 1 aliphatic heterocycles. The van der Waals surface area contributed by atoms with E-state index in [4.69, 9.17) is 4.74 Å². The second-order valence-electron chi connectivity index (χ2n) is 8.36. The molecule has 2 aromatic rings. The Morgan fingerprint density at radius 1 is 1.24 bits per heavy atom. The SMILES string of the molecule is CCOC(=O)C1CCN(C(=O)CCn2cnc3c(cnn3C(C)(C)C)c2=O)CC1. The number of piperidine rings is 1. The Kier molecular flexibility index (Phi) is 6.04. The molecule has 9 nitrogen and oxygen atoms in total. The van der Waals surface area contributed by atoms with E-state index >= 15 is 0 Å². The van der Waals surface area contributed by atoms with Gasteiger partial charge in [-0.3, -0.25) is 19.0 Å². The Labute approximate surface area is 169 Å². The minimum absolute atomic E-state index is 0.0234. The summed E-state index contributed by atoms with van der Waals surface area (Å²) in [5.74, 6) is -0.335. The third-order valence-electron chi connectivity index (χ3n) is 5.22. The summed E-state index contributed by atoms with van der Waals surface area (Å²) in [6.07, 6.45) is 4.46. The summed E-state index contributed by atoms with van der Waals surface area (Å²) in [5.41, 5.74) is 0.0735. The molecule has 9 heteroatoms. The van der Waals surface area contributed by atoms with Crippen molar-refractivity contribution < 1.29 is 14.3 Å². The molecule has 29 heavy (non-hydrogen) atoms. The van der Waals surface area contributed by atoms with E-state index in [1.165, 1.54) is 17.1 Å². The maximum absolute atomic E-state index is 12.7. The Morgan fingerprint density at radius 2 is 1.93 bits per heavy atom. The second kappa shape index (κ2) is 8.34. The topological polar surface area (TPSA) is 99.3 Å². The van der Waals surface area contributed by atoms with Gasteiger partial charge in [-0.1, -0.05) is 0 Å². The molecule has 0 spiro atoms. The minimum Gasteiger partial charge on any atom is -0.466 e. The van der Waals surface area contributed by atoms with Crippen LogP contribution in [0.4, 0.5) is 0 Å². The van der Waals surface area contributed by atoms with Gasteiger partial charge in [-0.2, -0.15) is 5.10 Å². The number of carbonyl (C=O) groups is 2. The summed E-state index contributed by atoms with van der Waals surface area (Å²) in [4.78, 5) is 43.2. The summed E-state index contributed by atoms with van der Waals surface area (Å²) in [6, 6.07) is 0. The van der Waals surface area contributed by atoms with E-state index in [1.807, 2.05) is 20.8 Å². The zero-order valence-corrected chi connectivity index (χ0v) is 17.6. The van der Waals surface area contributed by atoms with Gasteiger partial charge in [-0.05, 0) is 40.5 Å². The quantitative estimate of drug-likeness (QED) is 0.702. The molecule has 1 fully saturated rings. The first-order chi connectivity index (χ1) is 13.7. The predicted molar refractivity (Wildman–Crippen MR) is 107 cm³/mol. The number of amides is 1. The van der Waals surface area contributed by atoms with Crippen LogP contribution in [0.1, 0.15) is 47.0 Å². The van der Waals surface area contributed by atoms with E-state index in [0.29, 0.717) is 43.6 Å². The number of aryl methyl sites for hydroxylation is 1. The molecule has 0 aliphatic carbocycles. The van der Waals surface area contributed by atoms with Crippen molar-refractivity contribution in [3.63, 3.8) is 0 Å². The molecular formula is C20H29N5O4. The van der Waals surface area contributed by atoms with Crippen LogP contribution in [0.25, 0.3) is 11.0 Å². The lowest BCUT2D eigenvalue weighted by Crippen LogP contribution is -2.41. The van der Waals surface area contributed by atoms with Gasteiger partial charge in [-0.15, -0.1) is 0 Å². The Balaban J connectivity index is 1.61. The van der Waals surface area contributed by atoms with Crippen LogP contribution >= 0.6 is 0 Å². The van der Waals surface area contributed by atoms with Crippen LogP contribution in [-0.2, 0) is 26.4 Å². The smallest absolute Gasteiger partial charge is 0.309 e. The van der Waals surface area contributed by atoms with Gasteiger partial charge >= 0.3 is 5.97 Å². The van der Waals surface area contributed by atoms with Crippen LogP contribution in [0.15, 0.2) is 17.3 Å². The number of esters is 1. The highest BCUT2D eigenvalue weighted by molar-refractivity contribution is 5.77. The summed E-state index contributed by atoms with van der Waals surface area (Å²) < 4.78 is 8.25. The maximum atomic E-state index is 12.7. The lowest BCUT2D eigenvalue weighted by atomic mass is 9.97. The van der Waals surface area contributed by atoms with Crippen LogP contribution in [0.5, 0.6) is 0 Å². The largest absolute Gasteiger partial charge is 0.466 e. The number of hydrogen-bond donors (Lipinski definition) is 0. The molecule has 158 valence electrons. The highest BCUT2D eigenvalue weighted by Crippen LogP contribution is 2.20. The summed E-state index contributed by atoms with van der Waals surface area (Å²) >= 11 is 0. The number of fused-ring (bicyclic) bond motifs is 1. The van der Waals surface area contributed by atoms with Crippen LogP contribution < -0.4 is 5.56 Å². The molecule has 3 heterocycles. The molecule has 3 rings (SSSR count). The molecule has 1 saturated heterocycles. The fourth-order valence-corrected chi connectivity index (χ4v) is 3.60. The lowest BCUT2D eigenvalue weighted by molar-refractivity contribution is -0.151. The van der Waals surface area contributed by atoms with E-state index in [-0.39, 0.29) is 41.9 Å². The molecule has 0 radical (unpaired) electrons. The van der Waals surface area contributed by atoms with Crippen molar-refractivity contribution in [1.29, 1.82) is 0 Å². The molecular weight excluding hydrogens is 374 g/mol. The van der Waals surface area contributed by atoms with Crippen molar-refractivity contribution in [3.05, 3.63) is 22.9 Å². The van der Waals surface area contributed by atoms with E-state index in [9.17, 15) is 14.4 Å². The fourth-order valence-electron chi connectivity index (χ4n) is 3.60. The van der Waals surface area contributed by atoms with E-state index < -0.39 is 0 Å². The third-order valence-corrected chi connectivity index (χ3v) is 5.22. The molecule has 0 N–H and O–H groups in total. The summed E-state index contributed by atoms with van der Waals surface area (Å²) in [6.45, 7) is 9.49. The van der Waals surface area contributed by atoms with Gasteiger partial charge in [0.05, 0.1) is 30.6 Å². The first-order valence-corrected chi connectivity index (χ1v) is 10.1. The molecule has 0 unspecified atom stereocenters. The molecule has 2 aromatic heterocycles. The fraction of sp³-hybridized carbons (Fsp3) is 0.650. The number of carbonyl (C=O) groups excluding carboxylic acids is 2. The normalized spacial score (nSPS) is 15.7. The number of likely N-dealkylation sites (tertiary alicyclic amines) is 1. The first kappa shape index (κ1) is 21.0. The van der Waals surface area contributed by atoms with Gasteiger partial charge in [0.25, 0.3) is 5.56 Å². The molecule has 0 aromatic carbocycles. The van der Waals surface area contributed by atoms with Crippen molar-refractivity contribution in [3.8, 4) is 0 Å². The predicted octanol–water partition coefficient (Wildman–Crippen LogP) is 1.54. The van der Waals surface area contributed by atoms with Crippen LogP contribution in [-0.4, -0.2) is 55.8 Å². The van der Waals surface area contributed by atoms with Gasteiger partial charge in [0, 0.05) is 26.1 Å². The molecule has 1 aliphatic rings. The van der Waals surface area contributed by atoms with Gasteiger partial charge < -0.3 is 9.64 Å². The Morgan fingerprint density at radius 3 is 2.55 bits per heavy atom. The first-order valence-electron chi connectivity index (χ1n) is 10.1. The minimum atomic E-state index is -0.279. The molecule has 0 bridgehead atoms. The Hall–Kier alpha value is -2.71. The van der Waals surface area contributed by atoms with Crippen LogP contribution in [0, 0.1) is 5.92 Å². The van der Waals surface area contributed by atoms with E-state index in [0.717, 1.165) is 0 Å². The zero-order chi connectivity index (χ0) is 21.2. The van der Waals surface area contributed by atoms with Gasteiger partial charge in [-0.25, -0.2) is 9.67 Å². The number of aromatic nitrogens is 4. The lowest BCUT2D eigenvalue weighted by Gasteiger charge is -2.31. The number of rotatable bonds is 5. The monoisotopic (exact) mass is 403 g/mol. The highest BCUT2D eigenvalue weighted by atomic mass is 16.5. The van der Waals surface area contributed by atoms with Gasteiger partial charge in [0.1, 0.15) is 5.39 Å². The van der Waals surface area contributed by atoms with Crippen molar-refractivity contribution in [1.82, 2.24) is 24.2 Å². The molecule has 0 atom stereocenters. The number of hydrogen-bond acceptors (Lipinski definition) is 6. The van der Waals surface area contributed by atoms with Crippen molar-refractivity contribution in [2.45, 2.75) is 59.0 Å². The molecule has 0 saturated carbocycles. The summed E-state index contributed by atoms with van der Waals surface area (Å²) in [5, 5.41) is 4.75. The number of ether oxygens (including phenoxy) is 1. The zero-order valence-electron chi connectivity index (χ0n) is 17.6. The van der Waals surface area contributed by atoms with E-state index in [2.05, 4.69) is 10.1 Å². The van der Waals surface area contributed by atoms with Crippen LogP contribution in [0.2, 0.25) is 0 Å². The second-order valence-corrected chi connectivity index (χ2v) is 8.36. The van der Waals surface area contributed by atoms with Crippen LogP contribution in [0.3, 0.4) is 0 Å². The highest BCUT2D eigenvalue weighted by Gasteiger charge is 2.28. The standard InChI is InChI=1S/C20H29N5O4/c1-5-29-19(28)14-6-9-23(10-7-14)16(26)8-11-24-13-21-17-15(18(24)27)12-22-25(17)20(2,3)4/h12-14H,5-11H2,1-4H3. The average Bonchev–Trinajstić information content (AvgIpc) is 3.13. The Bertz CT molecular complexity index is 948. The van der Waals surface area contributed by atoms with Crippen molar-refractivity contribution in [2.75, 3.05) is 19.7 Å². The van der Waals surface area contributed by atoms with Gasteiger partial charge in [0.15, 0.2) is 5.65 Å². The average molecular weight is 403 g/mol. The summed E-state index contributed by atoms with van der Waals surface area (Å²) in [7, 11) is 0. The maximum Gasteiger partial charge on any atom is 0.309 e. The van der Waals surface area contributed by atoms with Crippen molar-refractivity contribution >= 4 is 22.9 Å². The van der Waals surface area contributed by atoms with E-state index in [1.54, 1.807) is 16.5 Å². The third kappa shape index (κ3) is 4.49.